The van der Waals surface area contributed by atoms with Crippen LogP contribution in [0.5, 0.6) is 0 Å². The zero-order valence-corrected chi connectivity index (χ0v) is 8.74. The van der Waals surface area contributed by atoms with Gasteiger partial charge in [-0.3, -0.25) is 10.1 Å². The summed E-state index contributed by atoms with van der Waals surface area (Å²) in [6.45, 7) is 3.52. The molecule has 2 aliphatic heterocycles. The second kappa shape index (κ2) is 3.74. The molecule has 0 aromatic carbocycles. The van der Waals surface area contributed by atoms with Crippen molar-refractivity contribution in [2.24, 2.45) is 5.92 Å². The molecule has 2 fully saturated rings. The summed E-state index contributed by atoms with van der Waals surface area (Å²) in [5.41, 5.74) is -0.650. The summed E-state index contributed by atoms with van der Waals surface area (Å²) in [7, 11) is 0. The van der Waals surface area contributed by atoms with Crippen molar-refractivity contribution in [3.63, 3.8) is 0 Å². The molecule has 3 amide bonds. The maximum atomic E-state index is 11.5. The van der Waals surface area contributed by atoms with E-state index in [1.807, 2.05) is 6.92 Å². The Hall–Kier alpha value is -0.810. The third kappa shape index (κ3) is 1.46. The Morgan fingerprint density at radius 3 is 2.64 bits per heavy atom. The van der Waals surface area contributed by atoms with E-state index >= 15 is 0 Å². The molecule has 3 N–H and O–H groups in total. The predicted octanol–water partition coefficient (Wildman–Crippen LogP) is -0.384. The maximum absolute atomic E-state index is 11.5. The molecule has 0 radical (unpaired) electrons. The Bertz CT molecular complexity index is 271. The van der Waals surface area contributed by atoms with Crippen molar-refractivity contribution in [2.75, 3.05) is 13.1 Å². The minimum Gasteiger partial charge on any atom is -0.323 e. The molecule has 2 saturated heterocycles. The smallest absolute Gasteiger partial charge is 0.322 e. The van der Waals surface area contributed by atoms with Gasteiger partial charge in [-0.05, 0) is 13.0 Å². The average molecular weight is 220 g/mol. The number of carbonyl (C=O) groups excluding carboxylic acids is 2. The number of imide groups is 1. The summed E-state index contributed by atoms with van der Waals surface area (Å²) >= 11 is 0. The summed E-state index contributed by atoms with van der Waals surface area (Å²) in [4.78, 5) is 22.6. The number of carbonyl (C=O) groups is 2. The highest BCUT2D eigenvalue weighted by molar-refractivity contribution is 6.07. The molecular weight excluding hydrogens is 206 g/mol. The average Bonchev–Trinajstić information content (AvgIpc) is 2.35. The van der Waals surface area contributed by atoms with Crippen molar-refractivity contribution < 1.29 is 9.59 Å². The molecule has 1 spiro atoms. The second-order valence-electron chi connectivity index (χ2n) is 3.73. The molecular formula is C8H14ClN3O2. The molecule has 0 saturated carbocycles. The standard InChI is InChI=1S/C8H13N3O2.ClH/c1-5-4-9-3-2-8(5)6(12)10-7(13)11-8;/h5,9H,2-4H2,1H3,(H2,10,11,12,13);1H. The van der Waals surface area contributed by atoms with Crippen LogP contribution in [0.25, 0.3) is 0 Å². The van der Waals surface area contributed by atoms with E-state index in [9.17, 15) is 9.59 Å². The zero-order valence-electron chi connectivity index (χ0n) is 7.92. The van der Waals surface area contributed by atoms with Gasteiger partial charge in [0.05, 0.1) is 0 Å². The number of hydrogen-bond donors (Lipinski definition) is 3. The number of piperidine rings is 1. The first-order valence-electron chi connectivity index (χ1n) is 4.49. The van der Waals surface area contributed by atoms with Crippen LogP contribution in [0.2, 0.25) is 0 Å². The molecule has 2 heterocycles. The van der Waals surface area contributed by atoms with Crippen molar-refractivity contribution >= 4 is 24.3 Å². The number of amides is 3. The minimum absolute atomic E-state index is 0. The van der Waals surface area contributed by atoms with Crippen LogP contribution in [0, 0.1) is 5.92 Å². The minimum atomic E-state index is -0.650. The lowest BCUT2D eigenvalue weighted by molar-refractivity contribution is -0.126. The van der Waals surface area contributed by atoms with Gasteiger partial charge in [-0.2, -0.15) is 0 Å². The van der Waals surface area contributed by atoms with Crippen molar-refractivity contribution in [3.8, 4) is 0 Å². The van der Waals surface area contributed by atoms with Crippen LogP contribution in [0.15, 0.2) is 0 Å². The molecule has 14 heavy (non-hydrogen) atoms. The summed E-state index contributed by atoms with van der Waals surface area (Å²) in [5, 5.41) is 8.21. The highest BCUT2D eigenvalue weighted by atomic mass is 35.5. The van der Waals surface area contributed by atoms with Gasteiger partial charge in [0, 0.05) is 12.5 Å². The van der Waals surface area contributed by atoms with Crippen molar-refractivity contribution in [2.45, 2.75) is 18.9 Å². The van der Waals surface area contributed by atoms with Crippen molar-refractivity contribution in [3.05, 3.63) is 0 Å². The monoisotopic (exact) mass is 219 g/mol. The van der Waals surface area contributed by atoms with E-state index in [1.165, 1.54) is 0 Å². The summed E-state index contributed by atoms with van der Waals surface area (Å²) in [5.74, 6) is -0.0285. The second-order valence-corrected chi connectivity index (χ2v) is 3.73. The third-order valence-corrected chi connectivity index (χ3v) is 2.96. The molecule has 2 unspecified atom stereocenters. The topological polar surface area (TPSA) is 70.2 Å². The van der Waals surface area contributed by atoms with E-state index < -0.39 is 5.54 Å². The molecule has 5 nitrogen and oxygen atoms in total. The summed E-state index contributed by atoms with van der Waals surface area (Å²) in [6, 6.07) is -0.362. The van der Waals surface area contributed by atoms with Crippen molar-refractivity contribution in [1.29, 1.82) is 0 Å². The van der Waals surface area contributed by atoms with E-state index in [2.05, 4.69) is 16.0 Å². The number of hydrogen-bond acceptors (Lipinski definition) is 3. The third-order valence-electron chi connectivity index (χ3n) is 2.96. The van der Waals surface area contributed by atoms with E-state index in [-0.39, 0.29) is 30.3 Å². The first-order valence-corrected chi connectivity index (χ1v) is 4.49. The van der Waals surface area contributed by atoms with E-state index in [0.717, 1.165) is 13.1 Å². The van der Waals surface area contributed by atoms with Gasteiger partial charge >= 0.3 is 6.03 Å². The SMILES string of the molecule is CC1CNCCC12NC(=O)NC2=O.Cl. The molecule has 2 aliphatic rings. The van der Waals surface area contributed by atoms with Crippen LogP contribution in [0.4, 0.5) is 4.79 Å². The molecule has 2 atom stereocenters. The molecule has 0 aromatic rings. The van der Waals surface area contributed by atoms with Gasteiger partial charge in [-0.1, -0.05) is 6.92 Å². The Labute approximate surface area is 88.4 Å². The van der Waals surface area contributed by atoms with Gasteiger partial charge in [0.2, 0.25) is 0 Å². The van der Waals surface area contributed by atoms with E-state index in [1.54, 1.807) is 0 Å². The van der Waals surface area contributed by atoms with Crippen LogP contribution in [-0.2, 0) is 4.79 Å². The van der Waals surface area contributed by atoms with Crippen LogP contribution < -0.4 is 16.0 Å². The van der Waals surface area contributed by atoms with Gasteiger partial charge in [-0.25, -0.2) is 4.79 Å². The molecule has 0 aromatic heterocycles. The van der Waals surface area contributed by atoms with Gasteiger partial charge in [0.15, 0.2) is 0 Å². The van der Waals surface area contributed by atoms with Crippen LogP contribution in [0.3, 0.4) is 0 Å². The first-order chi connectivity index (χ1) is 6.15. The van der Waals surface area contributed by atoms with Crippen LogP contribution >= 0.6 is 12.4 Å². The van der Waals surface area contributed by atoms with Gasteiger partial charge < -0.3 is 10.6 Å². The largest absolute Gasteiger partial charge is 0.323 e. The Morgan fingerprint density at radius 2 is 2.14 bits per heavy atom. The first kappa shape index (κ1) is 11.3. The van der Waals surface area contributed by atoms with Gasteiger partial charge in [0.25, 0.3) is 5.91 Å². The predicted molar refractivity (Wildman–Crippen MR) is 53.3 cm³/mol. The normalized spacial score (nSPS) is 36.2. The van der Waals surface area contributed by atoms with Crippen LogP contribution in [0.1, 0.15) is 13.3 Å². The molecule has 6 heteroatoms. The van der Waals surface area contributed by atoms with E-state index in [4.69, 9.17) is 0 Å². The number of nitrogens with one attached hydrogen (secondary N) is 3. The Morgan fingerprint density at radius 1 is 1.43 bits per heavy atom. The highest BCUT2D eigenvalue weighted by Gasteiger charge is 2.50. The number of halogens is 1. The maximum Gasteiger partial charge on any atom is 0.322 e. The number of urea groups is 1. The molecule has 0 bridgehead atoms. The van der Waals surface area contributed by atoms with Crippen molar-refractivity contribution in [1.82, 2.24) is 16.0 Å². The quantitative estimate of drug-likeness (QED) is 0.487. The van der Waals surface area contributed by atoms with Crippen LogP contribution in [-0.4, -0.2) is 30.6 Å². The fourth-order valence-corrected chi connectivity index (χ4v) is 2.05. The lowest BCUT2D eigenvalue weighted by atomic mass is 9.80. The molecule has 0 aliphatic carbocycles. The fraction of sp³-hybridized carbons (Fsp3) is 0.750. The molecule has 80 valence electrons. The lowest BCUT2D eigenvalue weighted by Crippen LogP contribution is -2.59. The summed E-state index contributed by atoms with van der Waals surface area (Å²) in [6.07, 6.45) is 0.672. The Balaban J connectivity index is 0.000000980. The van der Waals surface area contributed by atoms with Gasteiger partial charge in [-0.15, -0.1) is 12.4 Å². The fourth-order valence-electron chi connectivity index (χ4n) is 2.05. The number of rotatable bonds is 0. The summed E-state index contributed by atoms with van der Waals surface area (Å²) < 4.78 is 0. The Kier molecular flexibility index (Phi) is 3.01. The highest BCUT2D eigenvalue weighted by Crippen LogP contribution is 2.27. The lowest BCUT2D eigenvalue weighted by Gasteiger charge is -2.36. The van der Waals surface area contributed by atoms with E-state index in [0.29, 0.717) is 6.42 Å². The molecule has 2 rings (SSSR count). The zero-order chi connectivity index (χ0) is 9.47. The van der Waals surface area contributed by atoms with Gasteiger partial charge in [0.1, 0.15) is 5.54 Å².